The first-order valence-corrected chi connectivity index (χ1v) is 4.46. The Hall–Kier alpha value is -1.78. The first-order valence-electron chi connectivity index (χ1n) is 4.46. The zero-order valence-corrected chi connectivity index (χ0v) is 8.48. The smallest absolute Gasteiger partial charge is 0.440 e. The van der Waals surface area contributed by atoms with Crippen LogP contribution in [0.5, 0.6) is 5.75 Å². The number of hydrogen-bond donors (Lipinski definition) is 1. The molecule has 0 saturated carbocycles. The van der Waals surface area contributed by atoms with E-state index in [1.165, 1.54) is 18.2 Å². The zero-order valence-electron chi connectivity index (χ0n) is 8.48. The number of halogens is 1. The Morgan fingerprint density at radius 3 is 2.67 bits per heavy atom. The van der Waals surface area contributed by atoms with E-state index in [-0.39, 0.29) is 11.8 Å². The molecule has 0 aliphatic heterocycles. The highest BCUT2D eigenvalue weighted by Crippen LogP contribution is 2.14. The van der Waals surface area contributed by atoms with E-state index in [2.05, 4.69) is 0 Å². The highest BCUT2D eigenvalue weighted by molar-refractivity contribution is 5.64. The number of rotatable bonds is 3. The van der Waals surface area contributed by atoms with Gasteiger partial charge in [-0.1, -0.05) is 6.07 Å². The summed E-state index contributed by atoms with van der Waals surface area (Å²) in [5, 5.41) is 9.54. The molecule has 0 atom stereocenters. The van der Waals surface area contributed by atoms with Crippen LogP contribution >= 0.6 is 0 Å². The van der Waals surface area contributed by atoms with Crippen molar-refractivity contribution in [1.82, 2.24) is 5.06 Å². The van der Waals surface area contributed by atoms with E-state index in [0.29, 0.717) is 0 Å². The Kier molecular flexibility index (Phi) is 3.49. The van der Waals surface area contributed by atoms with E-state index in [9.17, 15) is 9.18 Å². The van der Waals surface area contributed by atoms with Crippen molar-refractivity contribution >= 4 is 6.09 Å². The van der Waals surface area contributed by atoms with Gasteiger partial charge in [0, 0.05) is 6.07 Å². The lowest BCUT2D eigenvalue weighted by Gasteiger charge is -2.22. The van der Waals surface area contributed by atoms with Crippen LogP contribution in [0.15, 0.2) is 24.3 Å². The van der Waals surface area contributed by atoms with Gasteiger partial charge in [0.15, 0.2) is 5.75 Å². The molecule has 5 heteroatoms. The summed E-state index contributed by atoms with van der Waals surface area (Å²) in [7, 11) is 0. The van der Waals surface area contributed by atoms with Crippen molar-refractivity contribution in [3.05, 3.63) is 30.1 Å². The number of carbonyl (C=O) groups is 1. The van der Waals surface area contributed by atoms with Gasteiger partial charge in [0.1, 0.15) is 5.82 Å². The fourth-order valence-electron chi connectivity index (χ4n) is 1.00. The first kappa shape index (κ1) is 11.3. The van der Waals surface area contributed by atoms with Crippen LogP contribution in [0.2, 0.25) is 0 Å². The Morgan fingerprint density at radius 2 is 2.20 bits per heavy atom. The summed E-state index contributed by atoms with van der Waals surface area (Å²) < 4.78 is 12.8. The molecule has 0 saturated heterocycles. The Labute approximate surface area is 86.8 Å². The lowest BCUT2D eigenvalue weighted by molar-refractivity contribution is -0.0589. The topological polar surface area (TPSA) is 49.8 Å². The van der Waals surface area contributed by atoms with Crippen molar-refractivity contribution < 1.29 is 19.1 Å². The normalized spacial score (nSPS) is 10.1. The number of benzene rings is 1. The number of hydrogen-bond acceptors (Lipinski definition) is 2. The molecule has 1 amide bonds. The third kappa shape index (κ3) is 3.12. The molecule has 82 valence electrons. The van der Waals surface area contributed by atoms with Crippen molar-refractivity contribution in [2.75, 3.05) is 0 Å². The summed E-state index contributed by atoms with van der Waals surface area (Å²) in [6.45, 7) is 3.32. The average Bonchev–Trinajstić information content (AvgIpc) is 2.13. The minimum atomic E-state index is -1.21. The predicted molar refractivity (Wildman–Crippen MR) is 52.0 cm³/mol. The second-order valence-electron chi connectivity index (χ2n) is 3.25. The van der Waals surface area contributed by atoms with Crippen LogP contribution in [-0.4, -0.2) is 22.3 Å². The van der Waals surface area contributed by atoms with Gasteiger partial charge in [0.25, 0.3) is 0 Å². The van der Waals surface area contributed by atoms with E-state index in [1.807, 2.05) is 0 Å². The molecule has 1 rings (SSSR count). The molecule has 0 aromatic heterocycles. The highest BCUT2D eigenvalue weighted by Gasteiger charge is 2.17. The first-order chi connectivity index (χ1) is 7.00. The Balaban J connectivity index is 2.79. The predicted octanol–water partition coefficient (Wildman–Crippen LogP) is 2.51. The molecule has 1 N–H and O–H groups in total. The summed E-state index contributed by atoms with van der Waals surface area (Å²) in [6.07, 6.45) is -1.21. The van der Waals surface area contributed by atoms with Crippen molar-refractivity contribution in [3.8, 4) is 5.75 Å². The molecule has 0 radical (unpaired) electrons. The molecule has 0 heterocycles. The van der Waals surface area contributed by atoms with Gasteiger partial charge in [0.2, 0.25) is 0 Å². The van der Waals surface area contributed by atoms with Crippen molar-refractivity contribution in [3.63, 3.8) is 0 Å². The van der Waals surface area contributed by atoms with Gasteiger partial charge in [-0.2, -0.15) is 0 Å². The summed E-state index contributed by atoms with van der Waals surface area (Å²) in [5.74, 6) is -0.312. The molecule has 15 heavy (non-hydrogen) atoms. The van der Waals surface area contributed by atoms with E-state index >= 15 is 0 Å². The number of nitrogens with zero attached hydrogens (tertiary/aromatic N) is 1. The van der Waals surface area contributed by atoms with E-state index < -0.39 is 11.9 Å². The maximum absolute atomic E-state index is 12.8. The van der Waals surface area contributed by atoms with Crippen molar-refractivity contribution in [1.29, 1.82) is 0 Å². The van der Waals surface area contributed by atoms with Crippen LogP contribution in [0.25, 0.3) is 0 Å². The third-order valence-corrected chi connectivity index (χ3v) is 1.66. The SMILES string of the molecule is CC(C)N(Oc1cccc(F)c1)C(=O)O. The number of amides is 1. The third-order valence-electron chi connectivity index (χ3n) is 1.66. The Morgan fingerprint density at radius 1 is 1.53 bits per heavy atom. The molecule has 4 nitrogen and oxygen atoms in total. The number of carboxylic acid groups (broad SMARTS) is 1. The van der Waals surface area contributed by atoms with Crippen molar-refractivity contribution in [2.24, 2.45) is 0 Å². The van der Waals surface area contributed by atoms with Gasteiger partial charge in [-0.15, -0.1) is 5.06 Å². The molecule has 1 aromatic rings. The second-order valence-corrected chi connectivity index (χ2v) is 3.25. The van der Waals surface area contributed by atoms with Crippen LogP contribution in [-0.2, 0) is 0 Å². The van der Waals surface area contributed by atoms with Gasteiger partial charge in [-0.05, 0) is 26.0 Å². The monoisotopic (exact) mass is 213 g/mol. The second kappa shape index (κ2) is 4.63. The van der Waals surface area contributed by atoms with Gasteiger partial charge in [0.05, 0.1) is 6.04 Å². The minimum absolute atomic E-state index is 0.158. The molecule has 0 bridgehead atoms. The van der Waals surface area contributed by atoms with Crippen LogP contribution in [0.1, 0.15) is 13.8 Å². The molecule has 0 spiro atoms. The molecule has 0 fully saturated rings. The van der Waals surface area contributed by atoms with E-state index in [0.717, 1.165) is 11.1 Å². The van der Waals surface area contributed by atoms with Gasteiger partial charge in [-0.3, -0.25) is 0 Å². The number of hydroxylamine groups is 2. The largest absolute Gasteiger partial charge is 0.463 e. The quantitative estimate of drug-likeness (QED) is 0.785. The van der Waals surface area contributed by atoms with Crippen LogP contribution in [0.3, 0.4) is 0 Å². The lowest BCUT2D eigenvalue weighted by Crippen LogP contribution is -2.38. The summed E-state index contributed by atoms with van der Waals surface area (Å²) in [6, 6.07) is 4.98. The van der Waals surface area contributed by atoms with E-state index in [1.54, 1.807) is 13.8 Å². The Bertz CT molecular complexity index is 354. The fourth-order valence-corrected chi connectivity index (χ4v) is 1.00. The summed E-state index contributed by atoms with van der Waals surface area (Å²) in [4.78, 5) is 15.7. The highest BCUT2D eigenvalue weighted by atomic mass is 19.1. The average molecular weight is 213 g/mol. The van der Waals surface area contributed by atoms with Crippen LogP contribution < -0.4 is 4.84 Å². The van der Waals surface area contributed by atoms with Gasteiger partial charge >= 0.3 is 6.09 Å². The van der Waals surface area contributed by atoms with E-state index in [4.69, 9.17) is 9.94 Å². The molecule has 0 aliphatic carbocycles. The maximum atomic E-state index is 12.8. The van der Waals surface area contributed by atoms with Crippen molar-refractivity contribution in [2.45, 2.75) is 19.9 Å². The van der Waals surface area contributed by atoms with Gasteiger partial charge in [-0.25, -0.2) is 9.18 Å². The molecule has 0 aliphatic rings. The summed E-state index contributed by atoms with van der Waals surface area (Å²) in [5.41, 5.74) is 0. The molecule has 0 unspecified atom stereocenters. The maximum Gasteiger partial charge on any atom is 0.440 e. The van der Waals surface area contributed by atoms with Crippen LogP contribution in [0.4, 0.5) is 9.18 Å². The summed E-state index contributed by atoms with van der Waals surface area (Å²) >= 11 is 0. The molecule has 1 aromatic carbocycles. The standard InChI is InChI=1S/C10H12FNO3/c1-7(2)12(10(13)14)15-9-5-3-4-8(11)6-9/h3-7H,1-2H3,(H,13,14). The van der Waals surface area contributed by atoms with Crippen LogP contribution in [0, 0.1) is 5.82 Å². The fraction of sp³-hybridized carbons (Fsp3) is 0.300. The zero-order chi connectivity index (χ0) is 11.4. The lowest BCUT2D eigenvalue weighted by atomic mass is 10.3. The minimum Gasteiger partial charge on any atom is -0.463 e. The molecular formula is C10H12FNO3. The van der Waals surface area contributed by atoms with Gasteiger partial charge < -0.3 is 9.94 Å². The molecular weight excluding hydrogens is 201 g/mol.